The topological polar surface area (TPSA) is 107 Å². The maximum Gasteiger partial charge on any atom is 0.332 e. The van der Waals surface area contributed by atoms with Gasteiger partial charge in [-0.15, -0.1) is 0 Å². The fourth-order valence-corrected chi connectivity index (χ4v) is 6.49. The number of rotatable bonds is 7. The molecule has 3 aliphatic heterocycles. The van der Waals surface area contributed by atoms with E-state index in [-0.39, 0.29) is 11.8 Å². The zero-order valence-corrected chi connectivity index (χ0v) is 23.9. The van der Waals surface area contributed by atoms with Crippen molar-refractivity contribution in [3.63, 3.8) is 0 Å². The van der Waals surface area contributed by atoms with Gasteiger partial charge in [-0.05, 0) is 53.6 Å². The molecule has 3 aliphatic rings. The first-order valence-corrected chi connectivity index (χ1v) is 14.6. The monoisotopic (exact) mass is 579 g/mol. The van der Waals surface area contributed by atoms with Gasteiger partial charge in [0.05, 0.1) is 26.0 Å². The lowest BCUT2D eigenvalue weighted by Gasteiger charge is -2.36. The molecule has 2 atom stereocenters. The molecule has 10 heteroatoms. The van der Waals surface area contributed by atoms with Crippen molar-refractivity contribution in [2.24, 2.45) is 0 Å². The van der Waals surface area contributed by atoms with Crippen molar-refractivity contribution in [2.75, 3.05) is 51.4 Å². The van der Waals surface area contributed by atoms with Crippen LogP contribution < -0.4 is 15.0 Å². The molecule has 0 saturated carbocycles. The predicted octanol–water partition coefficient (Wildman–Crippen LogP) is 3.72. The Kier molecular flexibility index (Phi) is 7.08. The third-order valence-electron chi connectivity index (χ3n) is 8.66. The number of nitrogens with one attached hydrogen (secondary N) is 2. The molecule has 2 saturated heterocycles. The molecule has 0 radical (unpaired) electrons. The van der Waals surface area contributed by atoms with Crippen molar-refractivity contribution in [2.45, 2.75) is 18.5 Å². The number of carbonyl (C=O) groups excluding carboxylic acids is 3. The number of carbonyl (C=O) groups is 3. The SMILES string of the molecule is COc1cccc(C2c3[nH]c4ccccc4c3CC3C(=O)N(c4ccc(C(=O)NCCN5CCOCC5)cc4)C(=O)N32)c1. The van der Waals surface area contributed by atoms with Gasteiger partial charge in [0.1, 0.15) is 17.8 Å². The van der Waals surface area contributed by atoms with Crippen molar-refractivity contribution < 1.29 is 23.9 Å². The van der Waals surface area contributed by atoms with Crippen LogP contribution in [0.5, 0.6) is 5.75 Å². The quantitative estimate of drug-likeness (QED) is 0.323. The number of morpholine rings is 1. The molecule has 2 N–H and O–H groups in total. The van der Waals surface area contributed by atoms with Gasteiger partial charge in [-0.1, -0.05) is 30.3 Å². The average Bonchev–Trinajstić information content (AvgIpc) is 3.54. The van der Waals surface area contributed by atoms with Gasteiger partial charge in [0.15, 0.2) is 0 Å². The Morgan fingerprint density at radius 2 is 1.81 bits per heavy atom. The van der Waals surface area contributed by atoms with E-state index in [0.717, 1.165) is 47.4 Å². The number of hydrogen-bond donors (Lipinski definition) is 2. The number of imide groups is 1. The van der Waals surface area contributed by atoms with E-state index in [0.29, 0.717) is 43.2 Å². The van der Waals surface area contributed by atoms with Gasteiger partial charge >= 0.3 is 6.03 Å². The molecule has 220 valence electrons. The normalized spacial score (nSPS) is 20.3. The highest BCUT2D eigenvalue weighted by Crippen LogP contribution is 2.45. The predicted molar refractivity (Wildman–Crippen MR) is 161 cm³/mol. The van der Waals surface area contributed by atoms with Crippen LogP contribution >= 0.6 is 0 Å². The molecule has 7 rings (SSSR count). The first-order chi connectivity index (χ1) is 21.0. The van der Waals surface area contributed by atoms with Crippen molar-refractivity contribution in [3.8, 4) is 5.75 Å². The molecule has 2 unspecified atom stereocenters. The van der Waals surface area contributed by atoms with Crippen LogP contribution in [0.1, 0.15) is 33.2 Å². The lowest BCUT2D eigenvalue weighted by atomic mass is 9.89. The highest BCUT2D eigenvalue weighted by atomic mass is 16.5. The van der Waals surface area contributed by atoms with Crippen molar-refractivity contribution in [1.29, 1.82) is 0 Å². The van der Waals surface area contributed by atoms with Crippen LogP contribution in [-0.4, -0.2) is 85.2 Å². The molecule has 3 aromatic carbocycles. The number of benzene rings is 3. The highest BCUT2D eigenvalue weighted by Gasteiger charge is 2.53. The van der Waals surface area contributed by atoms with Gasteiger partial charge in [0.25, 0.3) is 11.8 Å². The number of methoxy groups -OCH3 is 1. The molecule has 43 heavy (non-hydrogen) atoms. The number of anilines is 1. The first kappa shape index (κ1) is 27.2. The highest BCUT2D eigenvalue weighted by molar-refractivity contribution is 6.22. The lowest BCUT2D eigenvalue weighted by Crippen LogP contribution is -2.44. The van der Waals surface area contributed by atoms with Crippen LogP contribution in [0.4, 0.5) is 10.5 Å². The first-order valence-electron chi connectivity index (χ1n) is 14.6. The summed E-state index contributed by atoms with van der Waals surface area (Å²) in [6.45, 7) is 4.43. The molecule has 4 amide bonds. The molecule has 4 aromatic rings. The maximum absolute atomic E-state index is 14.1. The van der Waals surface area contributed by atoms with Crippen molar-refractivity contribution in [3.05, 3.63) is 95.2 Å². The summed E-state index contributed by atoms with van der Waals surface area (Å²) in [4.78, 5) is 49.6. The molecule has 0 aliphatic carbocycles. The molecule has 0 spiro atoms. The summed E-state index contributed by atoms with van der Waals surface area (Å²) in [6, 6.07) is 20.7. The number of nitrogens with zero attached hydrogens (tertiary/aromatic N) is 3. The molecule has 2 fully saturated rings. The zero-order valence-electron chi connectivity index (χ0n) is 23.9. The van der Waals surface area contributed by atoms with Crippen LogP contribution in [0, 0.1) is 0 Å². The number of hydrogen-bond acceptors (Lipinski definition) is 6. The molecule has 4 heterocycles. The standard InChI is InChI=1S/C33H33N5O5/c1-42-24-6-4-5-22(19-24)30-29-26(25-7-2-3-8-27(25)35-29)20-28-32(40)37(33(41)38(28)30)23-11-9-21(10-12-23)31(39)34-13-14-36-15-17-43-18-16-36/h2-12,19,28,30,35H,13-18,20H2,1H3,(H,34,39). The van der Waals surface area contributed by atoms with Gasteiger partial charge in [0.2, 0.25) is 0 Å². The smallest absolute Gasteiger partial charge is 0.332 e. The Labute approximate surface area is 249 Å². The molecular weight excluding hydrogens is 546 g/mol. The van der Waals surface area contributed by atoms with Crippen LogP contribution in [0.15, 0.2) is 72.8 Å². The number of H-pyrrole nitrogens is 1. The Morgan fingerprint density at radius 3 is 2.60 bits per heavy atom. The summed E-state index contributed by atoms with van der Waals surface area (Å²) in [5, 5.41) is 4.01. The second kappa shape index (κ2) is 11.2. The Morgan fingerprint density at radius 1 is 1.02 bits per heavy atom. The molecule has 1 aromatic heterocycles. The third-order valence-corrected chi connectivity index (χ3v) is 8.66. The zero-order chi connectivity index (χ0) is 29.5. The van der Waals surface area contributed by atoms with Gasteiger partial charge in [-0.25, -0.2) is 9.69 Å². The minimum atomic E-state index is -0.668. The molecule has 0 bridgehead atoms. The van der Waals surface area contributed by atoms with E-state index in [2.05, 4.69) is 15.2 Å². The summed E-state index contributed by atoms with van der Waals surface area (Å²) in [5.41, 5.74) is 4.67. The Balaban J connectivity index is 1.16. The van der Waals surface area contributed by atoms with E-state index in [1.54, 1.807) is 36.3 Å². The van der Waals surface area contributed by atoms with Gasteiger partial charge in [-0.2, -0.15) is 0 Å². The van der Waals surface area contributed by atoms with Crippen molar-refractivity contribution in [1.82, 2.24) is 20.1 Å². The van der Waals surface area contributed by atoms with Crippen LogP contribution in [-0.2, 0) is 16.0 Å². The van der Waals surface area contributed by atoms with Crippen LogP contribution in [0.3, 0.4) is 0 Å². The lowest BCUT2D eigenvalue weighted by molar-refractivity contribution is -0.120. The second-order valence-electron chi connectivity index (χ2n) is 11.1. The van der Waals surface area contributed by atoms with Crippen LogP contribution in [0.25, 0.3) is 10.9 Å². The largest absolute Gasteiger partial charge is 0.497 e. The van der Waals surface area contributed by atoms with E-state index in [1.807, 2.05) is 48.5 Å². The van der Waals surface area contributed by atoms with Crippen LogP contribution in [0.2, 0.25) is 0 Å². The van der Waals surface area contributed by atoms with Gasteiger partial charge in [0, 0.05) is 54.8 Å². The van der Waals surface area contributed by atoms with Gasteiger partial charge in [-0.3, -0.25) is 19.4 Å². The number of urea groups is 1. The fraction of sp³-hybridized carbons (Fsp3) is 0.303. The summed E-state index contributed by atoms with van der Waals surface area (Å²) in [7, 11) is 1.61. The number of ether oxygens (including phenoxy) is 2. The summed E-state index contributed by atoms with van der Waals surface area (Å²) < 4.78 is 10.9. The summed E-state index contributed by atoms with van der Waals surface area (Å²) >= 11 is 0. The second-order valence-corrected chi connectivity index (χ2v) is 11.1. The Bertz CT molecular complexity index is 1690. The summed E-state index contributed by atoms with van der Waals surface area (Å²) in [6.07, 6.45) is 0.407. The minimum absolute atomic E-state index is 0.195. The average molecular weight is 580 g/mol. The number of fused-ring (bicyclic) bond motifs is 4. The van der Waals surface area contributed by atoms with Crippen molar-refractivity contribution >= 4 is 34.4 Å². The summed E-state index contributed by atoms with van der Waals surface area (Å²) in [5.74, 6) is 0.197. The minimum Gasteiger partial charge on any atom is -0.497 e. The molecule has 10 nitrogen and oxygen atoms in total. The molecular formula is C33H33N5O5. The number of para-hydroxylation sites is 1. The van der Waals surface area contributed by atoms with E-state index < -0.39 is 18.1 Å². The number of aromatic nitrogens is 1. The van der Waals surface area contributed by atoms with E-state index in [1.165, 1.54) is 4.90 Å². The number of amides is 4. The Hall–Kier alpha value is -4.67. The van der Waals surface area contributed by atoms with E-state index >= 15 is 0 Å². The maximum atomic E-state index is 14.1. The fourth-order valence-electron chi connectivity index (χ4n) is 6.49. The van der Waals surface area contributed by atoms with E-state index in [9.17, 15) is 14.4 Å². The van der Waals surface area contributed by atoms with E-state index in [4.69, 9.17) is 9.47 Å². The third kappa shape index (κ3) is 4.82. The number of aromatic amines is 1. The van der Waals surface area contributed by atoms with Gasteiger partial charge < -0.3 is 19.8 Å².